The van der Waals surface area contributed by atoms with Gasteiger partial charge in [0.1, 0.15) is 12.4 Å². The molecule has 0 atom stereocenters. The predicted molar refractivity (Wildman–Crippen MR) is 111 cm³/mol. The summed E-state index contributed by atoms with van der Waals surface area (Å²) >= 11 is 5.89. The summed E-state index contributed by atoms with van der Waals surface area (Å²) in [5.41, 5.74) is 2.05. The highest BCUT2D eigenvalue weighted by molar-refractivity contribution is 6.30. The van der Waals surface area contributed by atoms with Gasteiger partial charge in [0.15, 0.2) is 5.69 Å². The van der Waals surface area contributed by atoms with Crippen molar-refractivity contribution in [3.8, 4) is 11.6 Å². The first-order valence-electron chi connectivity index (χ1n) is 8.88. The van der Waals surface area contributed by atoms with Crippen molar-refractivity contribution in [2.45, 2.75) is 6.54 Å². The molecule has 1 N–H and O–H groups in total. The van der Waals surface area contributed by atoms with Gasteiger partial charge >= 0.3 is 0 Å². The van der Waals surface area contributed by atoms with Crippen LogP contribution in [0, 0.1) is 0 Å². The average molecular weight is 392 g/mol. The van der Waals surface area contributed by atoms with E-state index in [1.54, 1.807) is 16.7 Å². The van der Waals surface area contributed by atoms with Crippen LogP contribution in [-0.2, 0) is 6.54 Å². The fraction of sp³-hybridized carbons (Fsp3) is 0.0909. The molecular formula is C22H18ClN3O2. The molecule has 0 aliphatic carbocycles. The van der Waals surface area contributed by atoms with E-state index in [1.807, 2.05) is 66.7 Å². The summed E-state index contributed by atoms with van der Waals surface area (Å²) in [4.78, 5) is 0. The van der Waals surface area contributed by atoms with Gasteiger partial charge in [-0.3, -0.25) is 0 Å². The number of azo groups is 1. The zero-order valence-corrected chi connectivity index (χ0v) is 15.8. The number of ether oxygens (including phenoxy) is 1. The first kappa shape index (κ1) is 18.1. The van der Waals surface area contributed by atoms with Gasteiger partial charge in [0, 0.05) is 10.4 Å². The number of hydrogen-bond donors (Lipinski definition) is 1. The molecule has 0 aliphatic rings. The molecule has 0 bridgehead atoms. The van der Waals surface area contributed by atoms with Crippen molar-refractivity contribution in [3.63, 3.8) is 0 Å². The lowest BCUT2D eigenvalue weighted by Gasteiger charge is -2.09. The number of aromatic hydroxyl groups is 1. The van der Waals surface area contributed by atoms with Crippen LogP contribution in [0.2, 0.25) is 5.02 Å². The number of halogens is 1. The van der Waals surface area contributed by atoms with Crippen LogP contribution in [0.1, 0.15) is 0 Å². The number of rotatable bonds is 6. The molecule has 5 nitrogen and oxygen atoms in total. The number of nitrogens with zero attached hydrogens (tertiary/aromatic N) is 3. The molecule has 3 aromatic carbocycles. The molecule has 0 saturated carbocycles. The van der Waals surface area contributed by atoms with Crippen molar-refractivity contribution in [2.24, 2.45) is 10.2 Å². The molecule has 4 rings (SSSR count). The maximum atomic E-state index is 10.8. The van der Waals surface area contributed by atoms with Crippen LogP contribution in [0.4, 0.5) is 11.4 Å². The predicted octanol–water partition coefficient (Wildman–Crippen LogP) is 6.49. The Morgan fingerprint density at radius 3 is 2.36 bits per heavy atom. The minimum absolute atomic E-state index is 0.0700. The molecule has 6 heteroatoms. The molecule has 28 heavy (non-hydrogen) atoms. The number of aromatic nitrogens is 1. The fourth-order valence-electron chi connectivity index (χ4n) is 2.98. The average Bonchev–Trinajstić information content (AvgIpc) is 3.00. The van der Waals surface area contributed by atoms with E-state index < -0.39 is 0 Å². The zero-order chi connectivity index (χ0) is 19.3. The van der Waals surface area contributed by atoms with Gasteiger partial charge in [0.05, 0.1) is 17.7 Å². The Balaban J connectivity index is 1.59. The van der Waals surface area contributed by atoms with E-state index in [2.05, 4.69) is 10.2 Å². The van der Waals surface area contributed by atoms with E-state index in [9.17, 15) is 5.11 Å². The van der Waals surface area contributed by atoms with Crippen molar-refractivity contribution in [2.75, 3.05) is 6.61 Å². The van der Waals surface area contributed by atoms with E-state index in [1.165, 1.54) is 0 Å². The van der Waals surface area contributed by atoms with Crippen LogP contribution in [0.25, 0.3) is 10.9 Å². The van der Waals surface area contributed by atoms with Gasteiger partial charge in [-0.25, -0.2) is 0 Å². The van der Waals surface area contributed by atoms with Gasteiger partial charge in [-0.2, -0.15) is 5.11 Å². The fourth-order valence-corrected chi connectivity index (χ4v) is 3.11. The second kappa shape index (κ2) is 8.15. The van der Waals surface area contributed by atoms with Crippen LogP contribution < -0.4 is 4.74 Å². The Labute approximate surface area is 167 Å². The molecule has 0 spiro atoms. The molecule has 0 amide bonds. The quantitative estimate of drug-likeness (QED) is 0.381. The van der Waals surface area contributed by atoms with Crippen molar-refractivity contribution < 1.29 is 9.84 Å². The van der Waals surface area contributed by atoms with E-state index in [0.29, 0.717) is 23.9 Å². The minimum atomic E-state index is 0.0700. The molecule has 140 valence electrons. The molecule has 0 radical (unpaired) electrons. The molecule has 4 aromatic rings. The summed E-state index contributed by atoms with van der Waals surface area (Å²) in [7, 11) is 0. The van der Waals surface area contributed by atoms with Crippen molar-refractivity contribution >= 4 is 33.9 Å². The third kappa shape index (κ3) is 3.85. The smallest absolute Gasteiger partial charge is 0.220 e. The van der Waals surface area contributed by atoms with Crippen LogP contribution in [0.15, 0.2) is 89.1 Å². The monoisotopic (exact) mass is 391 g/mol. The Hall–Kier alpha value is -3.31. The van der Waals surface area contributed by atoms with Gasteiger partial charge in [-0.1, -0.05) is 48.0 Å². The second-order valence-corrected chi connectivity index (χ2v) is 6.62. The summed E-state index contributed by atoms with van der Waals surface area (Å²) in [5.74, 6) is 0.796. The van der Waals surface area contributed by atoms with Crippen molar-refractivity contribution in [1.29, 1.82) is 0 Å². The summed E-state index contributed by atoms with van der Waals surface area (Å²) in [6.07, 6.45) is 0. The first-order valence-corrected chi connectivity index (χ1v) is 9.25. The molecule has 0 saturated heterocycles. The molecular weight excluding hydrogens is 374 g/mol. The van der Waals surface area contributed by atoms with Crippen LogP contribution in [0.3, 0.4) is 0 Å². The molecule has 0 aliphatic heterocycles. The molecule has 0 fully saturated rings. The highest BCUT2D eigenvalue weighted by Crippen LogP contribution is 2.39. The number of para-hydroxylation sites is 1. The van der Waals surface area contributed by atoms with Crippen LogP contribution >= 0.6 is 11.6 Å². The minimum Gasteiger partial charge on any atom is -0.493 e. The summed E-state index contributed by atoms with van der Waals surface area (Å²) < 4.78 is 7.55. The van der Waals surface area contributed by atoms with Crippen LogP contribution in [0.5, 0.6) is 11.6 Å². The summed E-state index contributed by atoms with van der Waals surface area (Å²) in [5, 5.41) is 20.8. The Morgan fingerprint density at radius 2 is 1.57 bits per heavy atom. The highest BCUT2D eigenvalue weighted by Gasteiger charge is 2.16. The van der Waals surface area contributed by atoms with Gasteiger partial charge in [0.2, 0.25) is 5.88 Å². The van der Waals surface area contributed by atoms with E-state index in [0.717, 1.165) is 22.3 Å². The third-order valence-corrected chi connectivity index (χ3v) is 4.59. The van der Waals surface area contributed by atoms with E-state index in [4.69, 9.17) is 16.3 Å². The van der Waals surface area contributed by atoms with Gasteiger partial charge in [-0.15, -0.1) is 5.11 Å². The lowest BCUT2D eigenvalue weighted by atomic mass is 10.2. The van der Waals surface area contributed by atoms with Gasteiger partial charge in [-0.05, 0) is 42.5 Å². The number of benzene rings is 3. The highest BCUT2D eigenvalue weighted by atomic mass is 35.5. The topological polar surface area (TPSA) is 59.1 Å². The van der Waals surface area contributed by atoms with E-state index >= 15 is 0 Å². The van der Waals surface area contributed by atoms with Gasteiger partial charge < -0.3 is 14.4 Å². The number of fused-ring (bicyclic) bond motifs is 1. The zero-order valence-electron chi connectivity index (χ0n) is 15.0. The van der Waals surface area contributed by atoms with Crippen molar-refractivity contribution in [3.05, 3.63) is 83.9 Å². The number of hydrogen-bond acceptors (Lipinski definition) is 4. The lowest BCUT2D eigenvalue weighted by Crippen LogP contribution is -2.07. The van der Waals surface area contributed by atoms with Gasteiger partial charge in [0.25, 0.3) is 0 Å². The molecule has 0 unspecified atom stereocenters. The third-order valence-electron chi connectivity index (χ3n) is 4.34. The van der Waals surface area contributed by atoms with Crippen molar-refractivity contribution in [1.82, 2.24) is 4.57 Å². The first-order chi connectivity index (χ1) is 13.7. The maximum absolute atomic E-state index is 10.8. The maximum Gasteiger partial charge on any atom is 0.220 e. The SMILES string of the molecule is Oc1c(N=Nc2ccccc2)c2ccccc2n1CCOc1ccc(Cl)cc1. The Kier molecular flexibility index (Phi) is 5.26. The van der Waals surface area contributed by atoms with E-state index in [-0.39, 0.29) is 5.88 Å². The lowest BCUT2D eigenvalue weighted by molar-refractivity contribution is 0.290. The van der Waals surface area contributed by atoms with Crippen LogP contribution in [-0.4, -0.2) is 16.3 Å². The molecule has 1 aromatic heterocycles. The standard InChI is InChI=1S/C22H18ClN3O2/c23-16-10-12-18(13-11-16)28-15-14-26-20-9-5-4-8-19(20)21(22(26)27)25-24-17-6-2-1-3-7-17/h1-13,27H,14-15H2. The summed E-state index contributed by atoms with van der Waals surface area (Å²) in [6, 6.07) is 24.3. The Bertz CT molecular complexity index is 1110. The molecule has 1 heterocycles. The Morgan fingerprint density at radius 1 is 0.857 bits per heavy atom. The largest absolute Gasteiger partial charge is 0.493 e. The summed E-state index contributed by atoms with van der Waals surface area (Å²) in [6.45, 7) is 0.860. The normalized spacial score (nSPS) is 11.3. The second-order valence-electron chi connectivity index (χ2n) is 6.18.